The fourth-order valence-electron chi connectivity index (χ4n) is 1.52. The van der Waals surface area contributed by atoms with Gasteiger partial charge in [-0.2, -0.15) is 0 Å². The Morgan fingerprint density at radius 1 is 1.40 bits per heavy atom. The smallest absolute Gasteiger partial charge is 0.417 e. The Morgan fingerprint density at radius 3 is 2.70 bits per heavy atom. The molecule has 0 bridgehead atoms. The summed E-state index contributed by atoms with van der Waals surface area (Å²) in [7, 11) is 0. The number of hydrogen-bond acceptors (Lipinski definition) is 2. The first-order valence-electron chi connectivity index (χ1n) is 3.87. The lowest BCUT2D eigenvalue weighted by Gasteiger charge is -2.26. The van der Waals surface area contributed by atoms with E-state index in [2.05, 4.69) is 6.92 Å². The van der Waals surface area contributed by atoms with E-state index in [0.717, 1.165) is 6.42 Å². The van der Waals surface area contributed by atoms with Gasteiger partial charge < -0.3 is 4.74 Å². The summed E-state index contributed by atoms with van der Waals surface area (Å²) in [6.07, 6.45) is 4.82. The van der Waals surface area contributed by atoms with E-state index in [4.69, 9.17) is 4.74 Å². The molecular formula is C8H13O2. The standard InChI is InChI=1S/C8H13O2/c1-7-4-2-3-5-8(7)10-6-9/h7-8H,2-5H2,1H3. The van der Waals surface area contributed by atoms with Crippen molar-refractivity contribution in [1.82, 2.24) is 0 Å². The Kier molecular flexibility index (Phi) is 2.72. The Labute approximate surface area is 61.6 Å². The molecule has 1 rings (SSSR count). The molecule has 0 amide bonds. The molecule has 0 aromatic heterocycles. The Morgan fingerprint density at radius 2 is 2.10 bits per heavy atom. The highest BCUT2D eigenvalue weighted by molar-refractivity contribution is 5.38. The quantitative estimate of drug-likeness (QED) is 0.584. The lowest BCUT2D eigenvalue weighted by molar-refractivity contribution is 0.0865. The molecule has 0 heterocycles. The first kappa shape index (κ1) is 7.58. The lowest BCUT2D eigenvalue weighted by atomic mass is 9.88. The van der Waals surface area contributed by atoms with Crippen LogP contribution in [-0.2, 0) is 9.53 Å². The third-order valence-corrected chi connectivity index (χ3v) is 2.23. The van der Waals surface area contributed by atoms with Crippen LogP contribution in [0.5, 0.6) is 0 Å². The molecule has 2 unspecified atom stereocenters. The van der Waals surface area contributed by atoms with Crippen LogP contribution in [0.1, 0.15) is 32.6 Å². The topological polar surface area (TPSA) is 26.3 Å². The molecule has 2 atom stereocenters. The highest BCUT2D eigenvalue weighted by atomic mass is 16.5. The van der Waals surface area contributed by atoms with E-state index in [0.29, 0.717) is 5.92 Å². The average Bonchev–Trinajstić information content (AvgIpc) is 1.94. The summed E-state index contributed by atoms with van der Waals surface area (Å²) in [5.74, 6) is 0.537. The molecule has 2 nitrogen and oxygen atoms in total. The van der Waals surface area contributed by atoms with Crippen molar-refractivity contribution >= 4 is 6.47 Å². The largest absolute Gasteiger partial charge is 0.454 e. The zero-order valence-corrected chi connectivity index (χ0v) is 6.30. The summed E-state index contributed by atoms with van der Waals surface area (Å²) in [6.45, 7) is 3.64. The molecule has 0 aromatic carbocycles. The zero-order chi connectivity index (χ0) is 7.40. The highest BCUT2D eigenvalue weighted by Crippen LogP contribution is 2.25. The number of carbonyl (C=O) groups excluding carboxylic acids is 1. The van der Waals surface area contributed by atoms with Crippen molar-refractivity contribution in [3.8, 4) is 0 Å². The Balaban J connectivity index is 2.32. The van der Waals surface area contributed by atoms with Gasteiger partial charge in [-0.3, -0.25) is 0 Å². The molecule has 0 aliphatic heterocycles. The van der Waals surface area contributed by atoms with Crippen LogP contribution >= 0.6 is 0 Å². The van der Waals surface area contributed by atoms with Gasteiger partial charge in [0.15, 0.2) is 0 Å². The molecule has 1 radical (unpaired) electrons. The number of hydrogen-bond donors (Lipinski definition) is 0. The van der Waals surface area contributed by atoms with Crippen LogP contribution in [0.4, 0.5) is 0 Å². The number of ether oxygens (including phenoxy) is 1. The molecule has 1 aliphatic rings. The lowest BCUT2D eigenvalue weighted by Crippen LogP contribution is -2.24. The van der Waals surface area contributed by atoms with E-state index in [1.54, 1.807) is 0 Å². The first-order valence-corrected chi connectivity index (χ1v) is 3.87. The fourth-order valence-corrected chi connectivity index (χ4v) is 1.52. The van der Waals surface area contributed by atoms with Gasteiger partial charge in [-0.15, -0.1) is 0 Å². The fraction of sp³-hybridized carbons (Fsp3) is 0.875. The van der Waals surface area contributed by atoms with Crippen LogP contribution in [0.2, 0.25) is 0 Å². The zero-order valence-electron chi connectivity index (χ0n) is 6.30. The van der Waals surface area contributed by atoms with Crippen molar-refractivity contribution in [2.75, 3.05) is 0 Å². The first-order chi connectivity index (χ1) is 4.84. The highest BCUT2D eigenvalue weighted by Gasteiger charge is 2.21. The summed E-state index contributed by atoms with van der Waals surface area (Å²) in [5, 5.41) is 0. The van der Waals surface area contributed by atoms with Crippen LogP contribution < -0.4 is 0 Å². The van der Waals surface area contributed by atoms with Gasteiger partial charge in [0.05, 0.1) is 0 Å². The molecule has 1 aliphatic carbocycles. The minimum Gasteiger partial charge on any atom is -0.454 e. The second-order valence-corrected chi connectivity index (χ2v) is 3.00. The SMILES string of the molecule is CC1CCCCC1O[C]=O. The monoisotopic (exact) mass is 141 g/mol. The van der Waals surface area contributed by atoms with Gasteiger partial charge >= 0.3 is 6.47 Å². The van der Waals surface area contributed by atoms with E-state index in [-0.39, 0.29) is 6.10 Å². The molecule has 1 fully saturated rings. The summed E-state index contributed by atoms with van der Waals surface area (Å²) >= 11 is 0. The molecule has 0 saturated heterocycles. The van der Waals surface area contributed by atoms with Crippen LogP contribution in [0.25, 0.3) is 0 Å². The van der Waals surface area contributed by atoms with E-state index >= 15 is 0 Å². The van der Waals surface area contributed by atoms with Crippen LogP contribution in [0.3, 0.4) is 0 Å². The van der Waals surface area contributed by atoms with Crippen LogP contribution in [0, 0.1) is 5.92 Å². The molecule has 0 aromatic rings. The van der Waals surface area contributed by atoms with E-state index in [9.17, 15) is 4.79 Å². The van der Waals surface area contributed by atoms with Crippen LogP contribution in [0.15, 0.2) is 0 Å². The molecule has 1 saturated carbocycles. The van der Waals surface area contributed by atoms with Crippen molar-refractivity contribution in [1.29, 1.82) is 0 Å². The molecule has 2 heteroatoms. The summed E-state index contributed by atoms with van der Waals surface area (Å²) < 4.78 is 4.79. The predicted octanol–water partition coefficient (Wildman–Crippen LogP) is 1.65. The maximum atomic E-state index is 9.87. The van der Waals surface area contributed by atoms with Gasteiger partial charge in [-0.1, -0.05) is 13.3 Å². The van der Waals surface area contributed by atoms with Crippen molar-refractivity contribution < 1.29 is 9.53 Å². The van der Waals surface area contributed by atoms with E-state index < -0.39 is 0 Å². The molecule has 57 valence electrons. The van der Waals surface area contributed by atoms with Gasteiger partial charge in [0.2, 0.25) is 0 Å². The van der Waals surface area contributed by atoms with Gasteiger partial charge in [0.25, 0.3) is 0 Å². The summed E-state index contributed by atoms with van der Waals surface area (Å²) in [4.78, 5) is 9.87. The summed E-state index contributed by atoms with van der Waals surface area (Å²) in [6, 6.07) is 0. The van der Waals surface area contributed by atoms with Gasteiger partial charge in [-0.05, 0) is 25.2 Å². The minimum atomic E-state index is 0.145. The maximum absolute atomic E-state index is 9.87. The molecule has 0 N–H and O–H groups in total. The van der Waals surface area contributed by atoms with Gasteiger partial charge in [0.1, 0.15) is 6.10 Å². The van der Waals surface area contributed by atoms with Crippen molar-refractivity contribution in [3.05, 3.63) is 0 Å². The second-order valence-electron chi connectivity index (χ2n) is 3.00. The normalized spacial score (nSPS) is 33.3. The molecular weight excluding hydrogens is 128 g/mol. The van der Waals surface area contributed by atoms with Crippen molar-refractivity contribution in [2.45, 2.75) is 38.7 Å². The Hall–Kier alpha value is -0.530. The van der Waals surface area contributed by atoms with E-state index in [1.165, 1.54) is 25.7 Å². The third kappa shape index (κ3) is 1.72. The Bertz CT molecular complexity index is 112. The van der Waals surface area contributed by atoms with Crippen LogP contribution in [-0.4, -0.2) is 12.6 Å². The minimum absolute atomic E-state index is 0.145. The van der Waals surface area contributed by atoms with E-state index in [1.807, 2.05) is 0 Å². The van der Waals surface area contributed by atoms with Crippen molar-refractivity contribution in [2.24, 2.45) is 5.92 Å². The molecule has 10 heavy (non-hydrogen) atoms. The average molecular weight is 141 g/mol. The van der Waals surface area contributed by atoms with Gasteiger partial charge in [-0.25, -0.2) is 4.79 Å². The predicted molar refractivity (Wildman–Crippen MR) is 38.2 cm³/mol. The maximum Gasteiger partial charge on any atom is 0.417 e. The third-order valence-electron chi connectivity index (χ3n) is 2.23. The second kappa shape index (κ2) is 3.59. The number of rotatable bonds is 2. The van der Waals surface area contributed by atoms with Crippen molar-refractivity contribution in [3.63, 3.8) is 0 Å². The summed E-state index contributed by atoms with van der Waals surface area (Å²) in [5.41, 5.74) is 0. The molecule has 0 spiro atoms. The van der Waals surface area contributed by atoms with Gasteiger partial charge in [0, 0.05) is 0 Å².